The number of hydrogen-bond acceptors (Lipinski definition) is 6. The van der Waals surface area contributed by atoms with Crippen LogP contribution in [0.5, 0.6) is 0 Å². The number of benzene rings is 3. The maximum Gasteiger partial charge on any atom is 0.331 e. The van der Waals surface area contributed by atoms with Gasteiger partial charge >= 0.3 is 11.9 Å². The highest BCUT2D eigenvalue weighted by Crippen LogP contribution is 2.32. The van der Waals surface area contributed by atoms with E-state index in [9.17, 15) is 14.4 Å². The average molecular weight is 513 g/mol. The molecule has 0 atom stereocenters. The Hall–Kier alpha value is -4.26. The van der Waals surface area contributed by atoms with Gasteiger partial charge in [-0.1, -0.05) is 49.3 Å². The maximum absolute atomic E-state index is 13.4. The molecule has 1 heterocycles. The largest absolute Gasteiger partial charge is 0.465 e. The minimum Gasteiger partial charge on any atom is -0.465 e. The van der Waals surface area contributed by atoms with Gasteiger partial charge in [-0.2, -0.15) is 0 Å². The lowest BCUT2D eigenvalue weighted by atomic mass is 9.97. The first-order chi connectivity index (χ1) is 18.2. The third kappa shape index (κ3) is 5.83. The second kappa shape index (κ2) is 11.4. The van der Waals surface area contributed by atoms with Gasteiger partial charge in [-0.15, -0.1) is 0 Å². The Kier molecular flexibility index (Phi) is 8.05. The summed E-state index contributed by atoms with van der Waals surface area (Å²) in [4.78, 5) is 41.8. The molecule has 7 nitrogen and oxygen atoms in total. The van der Waals surface area contributed by atoms with Gasteiger partial charge in [0, 0.05) is 46.4 Å². The van der Waals surface area contributed by atoms with Crippen LogP contribution in [0.15, 0.2) is 65.8 Å². The number of ether oxygens (including phenoxy) is 1. The monoisotopic (exact) mass is 512 g/mol. The fraction of sp³-hybridized carbons (Fsp3) is 0.290. The molecule has 4 aromatic rings. The van der Waals surface area contributed by atoms with E-state index in [1.54, 1.807) is 6.92 Å². The highest BCUT2D eigenvalue weighted by Gasteiger charge is 2.18. The number of ketones is 1. The number of aryl methyl sites for hydroxylation is 2. The number of carbonyl (C=O) groups is 3. The number of aromatic nitrogens is 1. The van der Waals surface area contributed by atoms with Gasteiger partial charge in [0.2, 0.25) is 0 Å². The molecular weight excluding hydrogens is 480 g/mol. The molecule has 0 unspecified atom stereocenters. The van der Waals surface area contributed by atoms with Crippen LogP contribution in [0.1, 0.15) is 61.2 Å². The van der Waals surface area contributed by atoms with Crippen molar-refractivity contribution < 1.29 is 24.0 Å². The first-order valence-corrected chi connectivity index (χ1v) is 12.7. The van der Waals surface area contributed by atoms with Crippen LogP contribution in [-0.4, -0.2) is 34.6 Å². The summed E-state index contributed by atoms with van der Waals surface area (Å²) in [7, 11) is 0. The zero-order chi connectivity index (χ0) is 27.4. The van der Waals surface area contributed by atoms with E-state index in [2.05, 4.69) is 9.72 Å². The molecule has 0 aliphatic heterocycles. The molecule has 0 aliphatic carbocycles. The summed E-state index contributed by atoms with van der Waals surface area (Å²) in [5.41, 5.74) is 5.31. The van der Waals surface area contributed by atoms with Gasteiger partial charge in [-0.25, -0.2) is 4.79 Å². The predicted molar refractivity (Wildman–Crippen MR) is 148 cm³/mol. The molecule has 196 valence electrons. The van der Waals surface area contributed by atoms with E-state index in [1.807, 2.05) is 81.4 Å². The Morgan fingerprint density at radius 2 is 1.53 bits per heavy atom. The van der Waals surface area contributed by atoms with E-state index < -0.39 is 5.97 Å². The van der Waals surface area contributed by atoms with Crippen molar-refractivity contribution in [1.29, 1.82) is 0 Å². The first-order valence-electron chi connectivity index (χ1n) is 12.7. The third-order valence-electron chi connectivity index (χ3n) is 6.36. The van der Waals surface area contributed by atoms with Crippen LogP contribution >= 0.6 is 0 Å². The molecule has 7 heteroatoms. The van der Waals surface area contributed by atoms with Crippen molar-refractivity contribution in [3.05, 3.63) is 82.9 Å². The highest BCUT2D eigenvalue weighted by atomic mass is 16.7. The van der Waals surface area contributed by atoms with E-state index in [0.29, 0.717) is 30.0 Å². The lowest BCUT2D eigenvalue weighted by molar-refractivity contribution is -0.145. The van der Waals surface area contributed by atoms with Crippen molar-refractivity contribution in [2.24, 2.45) is 11.1 Å². The van der Waals surface area contributed by atoms with Crippen molar-refractivity contribution in [3.8, 4) is 0 Å². The maximum atomic E-state index is 13.4. The van der Waals surface area contributed by atoms with Gasteiger partial charge in [0.25, 0.3) is 0 Å². The predicted octanol–water partition coefficient (Wildman–Crippen LogP) is 6.21. The highest BCUT2D eigenvalue weighted by molar-refractivity contribution is 6.16. The van der Waals surface area contributed by atoms with E-state index in [1.165, 1.54) is 6.92 Å². The lowest BCUT2D eigenvalue weighted by Gasteiger charge is -2.10. The minimum atomic E-state index is -0.495. The Balaban J connectivity index is 1.80. The molecular formula is C31H32N2O5. The van der Waals surface area contributed by atoms with Gasteiger partial charge in [0.1, 0.15) is 0 Å². The number of fused-ring (bicyclic) bond motifs is 3. The molecule has 0 aliphatic rings. The number of hydrogen-bond donors (Lipinski definition) is 0. The molecule has 38 heavy (non-hydrogen) atoms. The van der Waals surface area contributed by atoms with E-state index in [0.717, 1.165) is 32.9 Å². The molecule has 0 N–H and O–H groups in total. The van der Waals surface area contributed by atoms with Crippen molar-refractivity contribution in [2.45, 2.75) is 47.6 Å². The summed E-state index contributed by atoms with van der Waals surface area (Å²) in [5.74, 6) is -0.523. The molecule has 0 amide bonds. The van der Waals surface area contributed by atoms with Gasteiger partial charge in [0.15, 0.2) is 5.78 Å². The lowest BCUT2D eigenvalue weighted by Crippen LogP contribution is -2.12. The topological polar surface area (TPSA) is 87.0 Å². The van der Waals surface area contributed by atoms with Crippen molar-refractivity contribution in [1.82, 2.24) is 4.57 Å². The Morgan fingerprint density at radius 1 is 0.895 bits per heavy atom. The number of oxime groups is 1. The summed E-state index contributed by atoms with van der Waals surface area (Å²) in [5, 5.41) is 5.72. The number of esters is 1. The molecule has 0 saturated carbocycles. The summed E-state index contributed by atoms with van der Waals surface area (Å²) in [6.45, 7) is 9.81. The molecule has 0 saturated heterocycles. The van der Waals surface area contributed by atoms with Gasteiger partial charge in [0.05, 0.1) is 18.7 Å². The Labute approximate surface area is 222 Å². The smallest absolute Gasteiger partial charge is 0.331 e. The Bertz CT molecular complexity index is 1560. The third-order valence-corrected chi connectivity index (χ3v) is 6.36. The molecule has 0 fully saturated rings. The van der Waals surface area contributed by atoms with Crippen LogP contribution in [-0.2, 0) is 25.7 Å². The van der Waals surface area contributed by atoms with Crippen LogP contribution in [0.3, 0.4) is 0 Å². The van der Waals surface area contributed by atoms with Gasteiger partial charge < -0.3 is 14.1 Å². The van der Waals surface area contributed by atoms with Gasteiger partial charge in [-0.3, -0.25) is 9.59 Å². The fourth-order valence-electron chi connectivity index (χ4n) is 4.41. The summed E-state index contributed by atoms with van der Waals surface area (Å²) < 4.78 is 7.45. The quantitative estimate of drug-likeness (QED) is 0.0875. The van der Waals surface area contributed by atoms with Crippen LogP contribution in [0.25, 0.3) is 21.8 Å². The van der Waals surface area contributed by atoms with Crippen molar-refractivity contribution in [3.63, 3.8) is 0 Å². The van der Waals surface area contributed by atoms with Gasteiger partial charge in [-0.05, 0) is 61.2 Å². The molecule has 3 aromatic carbocycles. The number of carbonyl (C=O) groups excluding carboxylic acids is 3. The minimum absolute atomic E-state index is 0.0491. The molecule has 0 spiro atoms. The van der Waals surface area contributed by atoms with Crippen molar-refractivity contribution >= 4 is 45.2 Å². The second-order valence-corrected chi connectivity index (χ2v) is 9.85. The average Bonchev–Trinajstić information content (AvgIpc) is 3.21. The van der Waals surface area contributed by atoms with E-state index in [-0.39, 0.29) is 24.1 Å². The summed E-state index contributed by atoms with van der Waals surface area (Å²) in [6.07, 6.45) is 0.226. The van der Waals surface area contributed by atoms with Crippen LogP contribution in [0.2, 0.25) is 0 Å². The van der Waals surface area contributed by atoms with Crippen LogP contribution in [0, 0.1) is 12.8 Å². The standard InChI is InChI=1S/C31H32N2O5/c1-19(2)18-37-30(35)14-15-33-28-12-10-23(21(4)32-38-22(5)34)16-26(28)27-17-24(11-13-29(27)33)31(36)25-9-7-6-8-20(25)3/h6-13,16-17,19H,14-15,18H2,1-5H3/b32-21-. The normalized spacial score (nSPS) is 11.8. The molecule has 4 rings (SSSR count). The fourth-order valence-corrected chi connectivity index (χ4v) is 4.41. The molecule has 0 radical (unpaired) electrons. The molecule has 1 aromatic heterocycles. The second-order valence-electron chi connectivity index (χ2n) is 9.85. The zero-order valence-electron chi connectivity index (χ0n) is 22.4. The summed E-state index contributed by atoms with van der Waals surface area (Å²) >= 11 is 0. The molecule has 0 bridgehead atoms. The van der Waals surface area contributed by atoms with Crippen molar-refractivity contribution in [2.75, 3.05) is 6.61 Å². The zero-order valence-corrected chi connectivity index (χ0v) is 22.4. The Morgan fingerprint density at radius 3 is 2.16 bits per heavy atom. The number of rotatable bonds is 9. The van der Waals surface area contributed by atoms with Crippen LogP contribution in [0.4, 0.5) is 0 Å². The van der Waals surface area contributed by atoms with E-state index >= 15 is 0 Å². The first kappa shape index (κ1) is 26.8. The van der Waals surface area contributed by atoms with E-state index in [4.69, 9.17) is 9.57 Å². The summed E-state index contributed by atoms with van der Waals surface area (Å²) in [6, 6.07) is 19.0. The number of nitrogens with zero attached hydrogens (tertiary/aromatic N) is 2. The SMILES string of the molecule is CC(=O)O/N=C(/C)c1ccc2c(c1)c1cc(C(=O)c3ccccc3C)ccc1n2CCC(=O)OCC(C)C. The van der Waals surface area contributed by atoms with Crippen LogP contribution < -0.4 is 0 Å².